The van der Waals surface area contributed by atoms with Gasteiger partial charge in [-0.1, -0.05) is 42.5 Å². The standard InChI is InChI=1S/C21H23NO6S/c1-29(25,26)22(14-17-7-5-6-16(12-17)13-20(23)24)21(18-8-3-2-4-9-18)19-15-27-10-11-28-19/h2-3,5-8,10-12,15,21H,4,9,13-14H2,1H3,(H,23,24). The lowest BCUT2D eigenvalue weighted by molar-refractivity contribution is -0.136. The highest BCUT2D eigenvalue weighted by Crippen LogP contribution is 2.30. The summed E-state index contributed by atoms with van der Waals surface area (Å²) in [5.41, 5.74) is 2.20. The first-order valence-corrected chi connectivity index (χ1v) is 11.0. The van der Waals surface area contributed by atoms with E-state index in [0.717, 1.165) is 18.2 Å². The molecule has 29 heavy (non-hydrogen) atoms. The number of hydrogen-bond donors (Lipinski definition) is 1. The highest BCUT2D eigenvalue weighted by atomic mass is 32.2. The summed E-state index contributed by atoms with van der Waals surface area (Å²) in [4.78, 5) is 11.0. The van der Waals surface area contributed by atoms with Gasteiger partial charge in [-0.25, -0.2) is 8.42 Å². The topological polar surface area (TPSA) is 93.1 Å². The molecule has 0 fully saturated rings. The molecule has 0 spiro atoms. The number of nitrogens with zero attached hydrogens (tertiary/aromatic N) is 1. The zero-order chi connectivity index (χ0) is 20.9. The lowest BCUT2D eigenvalue weighted by atomic mass is 9.96. The molecule has 1 N–H and O–H groups in total. The molecular formula is C21H23NO6S. The molecule has 1 heterocycles. The number of allylic oxidation sites excluding steroid dienone is 3. The number of rotatable bonds is 8. The number of sulfonamides is 1. The van der Waals surface area contributed by atoms with Crippen molar-refractivity contribution < 1.29 is 27.8 Å². The Kier molecular flexibility index (Phi) is 6.56. The molecule has 1 unspecified atom stereocenters. The number of aliphatic carboxylic acids is 1. The van der Waals surface area contributed by atoms with E-state index in [1.807, 2.05) is 18.2 Å². The molecule has 8 heteroatoms. The third kappa shape index (κ3) is 5.58. The number of ether oxygens (including phenoxy) is 2. The molecule has 0 radical (unpaired) electrons. The van der Waals surface area contributed by atoms with Gasteiger partial charge in [0.15, 0.2) is 5.76 Å². The predicted octanol–water partition coefficient (Wildman–Crippen LogP) is 3.08. The van der Waals surface area contributed by atoms with Crippen molar-refractivity contribution in [2.45, 2.75) is 31.8 Å². The van der Waals surface area contributed by atoms with Crippen LogP contribution in [0.5, 0.6) is 0 Å². The van der Waals surface area contributed by atoms with Crippen molar-refractivity contribution in [3.63, 3.8) is 0 Å². The van der Waals surface area contributed by atoms with Crippen LogP contribution in [-0.2, 0) is 37.3 Å². The average Bonchev–Trinajstić information content (AvgIpc) is 2.68. The van der Waals surface area contributed by atoms with Gasteiger partial charge in [0, 0.05) is 6.54 Å². The lowest BCUT2D eigenvalue weighted by Crippen LogP contribution is -2.42. The van der Waals surface area contributed by atoms with Gasteiger partial charge in [-0.2, -0.15) is 4.31 Å². The number of carbonyl (C=O) groups is 1. The van der Waals surface area contributed by atoms with E-state index >= 15 is 0 Å². The maximum Gasteiger partial charge on any atom is 0.307 e. The molecule has 0 saturated heterocycles. The Morgan fingerprint density at radius 1 is 1.28 bits per heavy atom. The minimum atomic E-state index is -3.65. The second-order valence-corrected chi connectivity index (χ2v) is 8.79. The van der Waals surface area contributed by atoms with Gasteiger partial charge in [0.25, 0.3) is 0 Å². The highest BCUT2D eigenvalue weighted by molar-refractivity contribution is 7.88. The van der Waals surface area contributed by atoms with Crippen molar-refractivity contribution in [3.05, 3.63) is 83.7 Å². The van der Waals surface area contributed by atoms with Crippen LogP contribution in [0.1, 0.15) is 24.0 Å². The van der Waals surface area contributed by atoms with E-state index in [9.17, 15) is 13.2 Å². The fraction of sp³-hybridized carbons (Fsp3) is 0.286. The van der Waals surface area contributed by atoms with Crippen molar-refractivity contribution in [2.75, 3.05) is 6.26 Å². The van der Waals surface area contributed by atoms with E-state index in [1.54, 1.807) is 24.3 Å². The Bertz CT molecular complexity index is 990. The van der Waals surface area contributed by atoms with Crippen molar-refractivity contribution in [1.82, 2.24) is 4.31 Å². The molecular weight excluding hydrogens is 394 g/mol. The van der Waals surface area contributed by atoms with Crippen LogP contribution in [0.2, 0.25) is 0 Å². The van der Waals surface area contributed by atoms with E-state index in [0.29, 0.717) is 23.3 Å². The Balaban J connectivity index is 1.99. The van der Waals surface area contributed by atoms with Crippen LogP contribution < -0.4 is 0 Å². The molecule has 0 saturated carbocycles. The van der Waals surface area contributed by atoms with Crippen molar-refractivity contribution >= 4 is 16.0 Å². The van der Waals surface area contributed by atoms with Crippen molar-refractivity contribution in [1.29, 1.82) is 0 Å². The average molecular weight is 417 g/mol. The van der Waals surface area contributed by atoms with Gasteiger partial charge in [0.2, 0.25) is 10.0 Å². The van der Waals surface area contributed by atoms with Crippen LogP contribution in [0.3, 0.4) is 0 Å². The first kappa shape index (κ1) is 20.9. The number of carboxylic acids is 1. The van der Waals surface area contributed by atoms with Gasteiger partial charge in [0.05, 0.1) is 12.7 Å². The Morgan fingerprint density at radius 3 is 2.69 bits per heavy atom. The van der Waals surface area contributed by atoms with Crippen LogP contribution in [0.4, 0.5) is 0 Å². The van der Waals surface area contributed by atoms with Gasteiger partial charge in [0.1, 0.15) is 24.8 Å². The minimum Gasteiger partial charge on any atom is -0.481 e. The third-order valence-electron chi connectivity index (χ3n) is 4.59. The van der Waals surface area contributed by atoms with E-state index in [-0.39, 0.29) is 13.0 Å². The van der Waals surface area contributed by atoms with Gasteiger partial charge in [-0.15, -0.1) is 0 Å². The Labute approximate surface area is 170 Å². The van der Waals surface area contributed by atoms with E-state index < -0.39 is 22.0 Å². The summed E-state index contributed by atoms with van der Waals surface area (Å²) in [6, 6.07) is 6.27. The molecule has 0 aromatic heterocycles. The lowest BCUT2D eigenvalue weighted by Gasteiger charge is -2.33. The summed E-state index contributed by atoms with van der Waals surface area (Å²) in [5, 5.41) is 9.03. The zero-order valence-electron chi connectivity index (χ0n) is 16.0. The number of hydrogen-bond acceptors (Lipinski definition) is 5. The van der Waals surface area contributed by atoms with Gasteiger partial charge in [-0.05, 0) is 29.5 Å². The molecule has 1 aliphatic carbocycles. The smallest absolute Gasteiger partial charge is 0.307 e. The molecule has 1 atom stereocenters. The van der Waals surface area contributed by atoms with Gasteiger partial charge < -0.3 is 14.6 Å². The molecule has 0 amide bonds. The summed E-state index contributed by atoms with van der Waals surface area (Å²) >= 11 is 0. The zero-order valence-corrected chi connectivity index (χ0v) is 16.8. The molecule has 3 rings (SSSR count). The van der Waals surface area contributed by atoms with Crippen LogP contribution >= 0.6 is 0 Å². The molecule has 1 aromatic carbocycles. The van der Waals surface area contributed by atoms with E-state index in [4.69, 9.17) is 14.6 Å². The third-order valence-corrected chi connectivity index (χ3v) is 5.78. The molecule has 7 nitrogen and oxygen atoms in total. The minimum absolute atomic E-state index is 0.0719. The molecule has 154 valence electrons. The normalized spacial score (nSPS) is 17.2. The van der Waals surface area contributed by atoms with Gasteiger partial charge in [-0.3, -0.25) is 4.79 Å². The summed E-state index contributed by atoms with van der Waals surface area (Å²) < 4.78 is 37.7. The Hall–Kier alpha value is -2.84. The molecule has 2 aliphatic rings. The monoisotopic (exact) mass is 417 g/mol. The van der Waals surface area contributed by atoms with E-state index in [2.05, 4.69) is 0 Å². The first-order chi connectivity index (χ1) is 13.8. The predicted molar refractivity (Wildman–Crippen MR) is 108 cm³/mol. The Morgan fingerprint density at radius 2 is 2.07 bits per heavy atom. The maximum absolute atomic E-state index is 12.8. The second kappa shape index (κ2) is 9.11. The summed E-state index contributed by atoms with van der Waals surface area (Å²) in [6.07, 6.45) is 12.5. The summed E-state index contributed by atoms with van der Waals surface area (Å²) in [7, 11) is -3.65. The number of carboxylic acid groups (broad SMARTS) is 1. The van der Waals surface area contributed by atoms with Crippen LogP contribution in [0.15, 0.2) is 72.6 Å². The van der Waals surface area contributed by atoms with E-state index in [1.165, 1.54) is 23.1 Å². The fourth-order valence-corrected chi connectivity index (χ4v) is 4.36. The molecule has 0 bridgehead atoms. The molecule has 1 aliphatic heterocycles. The quantitative estimate of drug-likeness (QED) is 0.699. The fourth-order valence-electron chi connectivity index (χ4n) is 3.35. The van der Waals surface area contributed by atoms with Gasteiger partial charge >= 0.3 is 5.97 Å². The number of benzene rings is 1. The largest absolute Gasteiger partial charge is 0.481 e. The second-order valence-electron chi connectivity index (χ2n) is 6.86. The maximum atomic E-state index is 12.8. The highest BCUT2D eigenvalue weighted by Gasteiger charge is 2.34. The van der Waals surface area contributed by atoms with Crippen LogP contribution in [-0.4, -0.2) is 36.1 Å². The summed E-state index contributed by atoms with van der Waals surface area (Å²) in [6.45, 7) is 0.0719. The SMILES string of the molecule is CS(=O)(=O)N(Cc1cccc(CC(=O)O)c1)C(C1=CC=CCC1)C1=COC=CO1. The molecule has 1 aromatic rings. The van der Waals surface area contributed by atoms with Crippen molar-refractivity contribution in [2.24, 2.45) is 0 Å². The van der Waals surface area contributed by atoms with Crippen molar-refractivity contribution in [3.8, 4) is 0 Å². The first-order valence-electron chi connectivity index (χ1n) is 9.14. The summed E-state index contributed by atoms with van der Waals surface area (Å²) in [5.74, 6) is -0.565. The van der Waals surface area contributed by atoms with Crippen LogP contribution in [0.25, 0.3) is 0 Å². The van der Waals surface area contributed by atoms with Crippen LogP contribution in [0, 0.1) is 0 Å².